The van der Waals surface area contributed by atoms with Crippen LogP contribution in [0.15, 0.2) is 60.7 Å². The standard InChI is InChI=1S/C15H20N2.C11H14N2O3.C2H6.C2H2/c1-12(17-9-8-16)10-13-6-7-14-4-2-3-5-15(14)11-13;14-10-3-4-11(13(15)16)9(7-10)8-12-5-1-2-6-12;2*1-2/h2-7,11-12,17H,8-10,16H2,1H3;3-4,7,14H,1-2,5-6,8H2;1-2H3;1-2H. The second-order valence-corrected chi connectivity index (χ2v) is 8.58. The lowest BCUT2D eigenvalue weighted by molar-refractivity contribution is -0.385. The molecule has 1 heterocycles. The zero-order valence-corrected chi connectivity index (χ0v) is 22.4. The highest BCUT2D eigenvalue weighted by molar-refractivity contribution is 5.83. The normalized spacial score (nSPS) is 13.2. The van der Waals surface area contributed by atoms with Gasteiger partial charge in [-0.1, -0.05) is 56.3 Å². The highest BCUT2D eigenvalue weighted by Crippen LogP contribution is 2.25. The van der Waals surface area contributed by atoms with E-state index in [1.54, 1.807) is 0 Å². The highest BCUT2D eigenvalue weighted by atomic mass is 16.6. The van der Waals surface area contributed by atoms with Crippen LogP contribution in [0.3, 0.4) is 0 Å². The van der Waals surface area contributed by atoms with Crippen molar-refractivity contribution in [3.8, 4) is 18.6 Å². The van der Waals surface area contributed by atoms with Gasteiger partial charge in [-0.25, -0.2) is 0 Å². The molecule has 1 fully saturated rings. The number of nitrogens with two attached hydrogens (primary N) is 1. The molecule has 3 aromatic carbocycles. The number of aromatic hydroxyl groups is 1. The molecule has 0 bridgehead atoms. The van der Waals surface area contributed by atoms with E-state index >= 15 is 0 Å². The monoisotopic (exact) mass is 506 g/mol. The van der Waals surface area contributed by atoms with E-state index in [0.717, 1.165) is 38.9 Å². The fraction of sp³-hybridized carbons (Fsp3) is 0.400. The summed E-state index contributed by atoms with van der Waals surface area (Å²) < 4.78 is 0. The first-order valence-electron chi connectivity index (χ1n) is 12.9. The van der Waals surface area contributed by atoms with Crippen LogP contribution in [0.4, 0.5) is 5.69 Å². The first kappa shape index (κ1) is 31.6. The van der Waals surface area contributed by atoms with Gasteiger partial charge in [-0.05, 0) is 67.7 Å². The largest absolute Gasteiger partial charge is 0.508 e. The summed E-state index contributed by atoms with van der Waals surface area (Å²) in [5.74, 6) is 0.0831. The van der Waals surface area contributed by atoms with Gasteiger partial charge >= 0.3 is 0 Å². The minimum Gasteiger partial charge on any atom is -0.508 e. The SMILES string of the molecule is C#C.CC.CC(Cc1ccc2ccccc2c1)NCCN.O=[N+]([O-])c1ccc(O)cc1CN1CCCC1. The lowest BCUT2D eigenvalue weighted by atomic mass is 10.0. The Morgan fingerprint density at radius 2 is 1.70 bits per heavy atom. The topological polar surface area (TPSA) is 105 Å². The molecule has 1 unspecified atom stereocenters. The van der Waals surface area contributed by atoms with Crippen molar-refractivity contribution in [1.29, 1.82) is 0 Å². The third kappa shape index (κ3) is 11.0. The van der Waals surface area contributed by atoms with E-state index in [2.05, 4.69) is 72.5 Å². The number of likely N-dealkylation sites (tertiary alicyclic amines) is 1. The Kier molecular flexibility index (Phi) is 15.3. The molecule has 7 nitrogen and oxygen atoms in total. The third-order valence-electron chi connectivity index (χ3n) is 5.85. The average Bonchev–Trinajstić information content (AvgIpc) is 3.43. The van der Waals surface area contributed by atoms with Crippen molar-refractivity contribution in [3.05, 3.63) is 81.9 Å². The number of nitrogens with zero attached hydrogens (tertiary/aromatic N) is 2. The number of fused-ring (bicyclic) bond motifs is 1. The molecule has 200 valence electrons. The zero-order chi connectivity index (χ0) is 27.6. The van der Waals surface area contributed by atoms with Crippen LogP contribution in [0.2, 0.25) is 0 Å². The van der Waals surface area contributed by atoms with Gasteiger partial charge in [0.25, 0.3) is 5.69 Å². The Hall–Kier alpha value is -3.44. The molecule has 0 radical (unpaired) electrons. The Morgan fingerprint density at radius 3 is 2.32 bits per heavy atom. The number of hydrogen-bond donors (Lipinski definition) is 3. The van der Waals surface area contributed by atoms with Crippen LogP contribution in [-0.2, 0) is 13.0 Å². The number of phenolic OH excluding ortho intramolecular Hbond substituents is 1. The van der Waals surface area contributed by atoms with Crippen molar-refractivity contribution in [3.63, 3.8) is 0 Å². The summed E-state index contributed by atoms with van der Waals surface area (Å²) in [7, 11) is 0. The van der Waals surface area contributed by atoms with Gasteiger partial charge in [0.2, 0.25) is 0 Å². The van der Waals surface area contributed by atoms with Crippen LogP contribution in [0.5, 0.6) is 5.75 Å². The van der Waals surface area contributed by atoms with Gasteiger partial charge in [-0.15, -0.1) is 12.8 Å². The van der Waals surface area contributed by atoms with Crippen LogP contribution in [0.1, 0.15) is 44.7 Å². The van der Waals surface area contributed by atoms with Crippen LogP contribution < -0.4 is 11.1 Å². The summed E-state index contributed by atoms with van der Waals surface area (Å²) in [6.45, 7) is 10.3. The molecule has 1 saturated heterocycles. The number of nitro benzene ring substituents is 1. The number of terminal acetylenes is 1. The molecule has 4 rings (SSSR count). The maximum absolute atomic E-state index is 10.8. The molecule has 0 spiro atoms. The Bertz CT molecular complexity index is 1090. The Labute approximate surface area is 221 Å². The van der Waals surface area contributed by atoms with Crippen molar-refractivity contribution in [1.82, 2.24) is 10.2 Å². The smallest absolute Gasteiger partial charge is 0.274 e. The first-order valence-corrected chi connectivity index (χ1v) is 12.9. The molecule has 1 aliphatic rings. The lowest BCUT2D eigenvalue weighted by Gasteiger charge is -2.14. The summed E-state index contributed by atoms with van der Waals surface area (Å²) in [6.07, 6.45) is 11.3. The molecule has 3 aromatic rings. The summed E-state index contributed by atoms with van der Waals surface area (Å²) in [4.78, 5) is 12.6. The number of rotatable bonds is 8. The minimum absolute atomic E-state index is 0.0831. The van der Waals surface area contributed by atoms with Crippen molar-refractivity contribution >= 4 is 16.5 Å². The highest BCUT2D eigenvalue weighted by Gasteiger charge is 2.19. The van der Waals surface area contributed by atoms with E-state index in [1.807, 2.05) is 13.8 Å². The summed E-state index contributed by atoms with van der Waals surface area (Å²) >= 11 is 0. The van der Waals surface area contributed by atoms with E-state index in [1.165, 1.54) is 34.5 Å². The summed E-state index contributed by atoms with van der Waals surface area (Å²) in [6, 6.07) is 19.8. The number of benzene rings is 3. The fourth-order valence-electron chi connectivity index (χ4n) is 4.18. The molecule has 0 saturated carbocycles. The maximum Gasteiger partial charge on any atom is 0.274 e. The van der Waals surface area contributed by atoms with Gasteiger partial charge < -0.3 is 16.2 Å². The molecule has 0 aromatic heterocycles. The molecule has 37 heavy (non-hydrogen) atoms. The van der Waals surface area contributed by atoms with Crippen LogP contribution in [0.25, 0.3) is 10.8 Å². The van der Waals surface area contributed by atoms with Gasteiger partial charge in [0.05, 0.1) is 4.92 Å². The van der Waals surface area contributed by atoms with E-state index in [4.69, 9.17) is 5.73 Å². The number of phenols is 1. The molecular formula is C30H42N4O3. The molecule has 0 aliphatic carbocycles. The molecule has 4 N–H and O–H groups in total. The van der Waals surface area contributed by atoms with Gasteiger partial charge in [0.15, 0.2) is 0 Å². The van der Waals surface area contributed by atoms with Gasteiger partial charge in [0.1, 0.15) is 5.75 Å². The minimum atomic E-state index is -0.398. The van der Waals surface area contributed by atoms with Crippen LogP contribution in [0, 0.1) is 23.0 Å². The van der Waals surface area contributed by atoms with E-state index in [-0.39, 0.29) is 11.4 Å². The molecule has 0 amide bonds. The van der Waals surface area contributed by atoms with E-state index in [0.29, 0.717) is 24.7 Å². The Balaban J connectivity index is 0.000000327. The Morgan fingerprint density at radius 1 is 1.05 bits per heavy atom. The van der Waals surface area contributed by atoms with Crippen LogP contribution in [-0.4, -0.2) is 47.2 Å². The van der Waals surface area contributed by atoms with E-state index in [9.17, 15) is 15.2 Å². The molecular weight excluding hydrogens is 464 g/mol. The number of hydrogen-bond acceptors (Lipinski definition) is 6. The number of nitro groups is 1. The second-order valence-electron chi connectivity index (χ2n) is 8.58. The summed E-state index contributed by atoms with van der Waals surface area (Å²) in [5, 5.41) is 26.2. The second kappa shape index (κ2) is 17.9. The lowest BCUT2D eigenvalue weighted by Crippen LogP contribution is -2.32. The zero-order valence-electron chi connectivity index (χ0n) is 22.4. The van der Waals surface area contributed by atoms with Crippen molar-refractivity contribution in [2.75, 3.05) is 26.2 Å². The van der Waals surface area contributed by atoms with Crippen molar-refractivity contribution in [2.45, 2.75) is 52.6 Å². The quantitative estimate of drug-likeness (QED) is 0.212. The van der Waals surface area contributed by atoms with Gasteiger partial charge in [-0.2, -0.15) is 0 Å². The molecule has 1 atom stereocenters. The van der Waals surface area contributed by atoms with E-state index < -0.39 is 4.92 Å². The first-order chi connectivity index (χ1) is 18.0. The van der Waals surface area contributed by atoms with Crippen molar-refractivity contribution < 1.29 is 10.0 Å². The molecule has 7 heteroatoms. The summed E-state index contributed by atoms with van der Waals surface area (Å²) in [5.41, 5.74) is 7.54. The predicted octanol–water partition coefficient (Wildman–Crippen LogP) is 5.49. The third-order valence-corrected chi connectivity index (χ3v) is 5.85. The maximum atomic E-state index is 10.8. The average molecular weight is 507 g/mol. The van der Waals surface area contributed by atoms with Gasteiger partial charge in [0, 0.05) is 37.3 Å². The number of nitrogens with one attached hydrogen (secondary N) is 1. The van der Waals surface area contributed by atoms with Crippen LogP contribution >= 0.6 is 0 Å². The fourth-order valence-corrected chi connectivity index (χ4v) is 4.18. The van der Waals surface area contributed by atoms with Gasteiger partial charge in [-0.3, -0.25) is 15.0 Å². The van der Waals surface area contributed by atoms with Crippen molar-refractivity contribution in [2.24, 2.45) is 5.73 Å². The molecule has 1 aliphatic heterocycles. The predicted molar refractivity (Wildman–Crippen MR) is 155 cm³/mol.